The van der Waals surface area contributed by atoms with Crippen LogP contribution in [-0.4, -0.2) is 11.0 Å². The molecule has 3 heteroatoms. The monoisotopic (exact) mass is 240 g/mol. The van der Waals surface area contributed by atoms with Gasteiger partial charge in [0.15, 0.2) is 0 Å². The molecule has 1 fully saturated rings. The van der Waals surface area contributed by atoms with Gasteiger partial charge in [-0.15, -0.1) is 11.8 Å². The van der Waals surface area contributed by atoms with Crippen LogP contribution in [-0.2, 0) is 4.79 Å². The van der Waals surface area contributed by atoms with Gasteiger partial charge >= 0.3 is 0 Å². The quantitative estimate of drug-likeness (QED) is 0.779. The van der Waals surface area contributed by atoms with E-state index in [1.807, 2.05) is 24.3 Å². The van der Waals surface area contributed by atoms with Gasteiger partial charge in [0.2, 0.25) is 0 Å². The lowest BCUT2D eigenvalue weighted by atomic mass is 9.99. The van der Waals surface area contributed by atoms with E-state index in [1.165, 1.54) is 0 Å². The molecular formula is C12H13ClOS. The van der Waals surface area contributed by atoms with Gasteiger partial charge in [-0.25, -0.2) is 0 Å². The molecule has 0 saturated heterocycles. The van der Waals surface area contributed by atoms with Crippen molar-refractivity contribution in [3.05, 3.63) is 29.3 Å². The summed E-state index contributed by atoms with van der Waals surface area (Å²) in [5.41, 5.74) is 0. The highest BCUT2D eigenvalue weighted by atomic mass is 35.5. The summed E-state index contributed by atoms with van der Waals surface area (Å²) in [4.78, 5) is 12.7. The molecule has 0 amide bonds. The molecule has 1 atom stereocenters. The summed E-state index contributed by atoms with van der Waals surface area (Å²) in [5.74, 6) is 0.381. The van der Waals surface area contributed by atoms with Crippen LogP contribution in [0.15, 0.2) is 29.2 Å². The summed E-state index contributed by atoms with van der Waals surface area (Å²) in [6.45, 7) is 0. The number of rotatable bonds is 2. The van der Waals surface area contributed by atoms with Gasteiger partial charge in [-0.3, -0.25) is 4.79 Å². The van der Waals surface area contributed by atoms with Crippen molar-refractivity contribution in [3.63, 3.8) is 0 Å². The zero-order valence-electron chi connectivity index (χ0n) is 8.41. The van der Waals surface area contributed by atoms with Crippen LogP contribution in [0.2, 0.25) is 5.02 Å². The van der Waals surface area contributed by atoms with Crippen LogP contribution < -0.4 is 0 Å². The molecular weight excluding hydrogens is 228 g/mol. The molecule has 1 unspecified atom stereocenters. The molecule has 2 rings (SSSR count). The second-order valence-corrected chi connectivity index (χ2v) is 5.40. The van der Waals surface area contributed by atoms with E-state index in [0.29, 0.717) is 5.78 Å². The van der Waals surface area contributed by atoms with E-state index in [1.54, 1.807) is 11.8 Å². The topological polar surface area (TPSA) is 17.1 Å². The van der Waals surface area contributed by atoms with Crippen molar-refractivity contribution in [2.45, 2.75) is 35.8 Å². The molecule has 0 aromatic heterocycles. The first-order valence-corrected chi connectivity index (χ1v) is 6.47. The number of ketones is 1. The fourth-order valence-corrected chi connectivity index (χ4v) is 3.22. The van der Waals surface area contributed by atoms with Crippen molar-refractivity contribution in [2.24, 2.45) is 0 Å². The Labute approximate surface area is 99.2 Å². The van der Waals surface area contributed by atoms with Crippen molar-refractivity contribution in [1.82, 2.24) is 0 Å². The molecule has 80 valence electrons. The van der Waals surface area contributed by atoms with Crippen LogP contribution in [0.1, 0.15) is 25.7 Å². The number of benzene rings is 1. The number of thioether (sulfide) groups is 1. The van der Waals surface area contributed by atoms with Gasteiger partial charge in [-0.2, -0.15) is 0 Å². The largest absolute Gasteiger partial charge is 0.298 e. The van der Waals surface area contributed by atoms with E-state index < -0.39 is 0 Å². The lowest BCUT2D eigenvalue weighted by Gasteiger charge is -2.20. The summed E-state index contributed by atoms with van der Waals surface area (Å²) in [5, 5.41) is 0.875. The van der Waals surface area contributed by atoms with Crippen molar-refractivity contribution < 1.29 is 4.79 Å². The van der Waals surface area contributed by atoms with Gasteiger partial charge in [-0.05, 0) is 25.0 Å². The molecule has 1 aromatic rings. The van der Waals surface area contributed by atoms with Crippen molar-refractivity contribution in [3.8, 4) is 0 Å². The molecule has 15 heavy (non-hydrogen) atoms. The SMILES string of the molecule is O=C1CCCCC1Sc1ccccc1Cl. The van der Waals surface area contributed by atoms with Crippen molar-refractivity contribution in [2.75, 3.05) is 0 Å². The van der Waals surface area contributed by atoms with E-state index in [-0.39, 0.29) is 5.25 Å². The lowest BCUT2D eigenvalue weighted by molar-refractivity contribution is -0.119. The Morgan fingerprint density at radius 3 is 2.80 bits per heavy atom. The Morgan fingerprint density at radius 2 is 2.07 bits per heavy atom. The highest BCUT2D eigenvalue weighted by Crippen LogP contribution is 2.35. The standard InChI is InChI=1S/C12H13ClOS/c13-9-5-1-3-7-11(9)15-12-8-4-2-6-10(12)14/h1,3,5,7,12H,2,4,6,8H2. The van der Waals surface area contributed by atoms with Crippen LogP contribution in [0.4, 0.5) is 0 Å². The molecule has 0 radical (unpaired) electrons. The zero-order chi connectivity index (χ0) is 10.7. The summed E-state index contributed by atoms with van der Waals surface area (Å²) in [6.07, 6.45) is 3.95. The van der Waals surface area contributed by atoms with Gasteiger partial charge < -0.3 is 0 Å². The molecule has 0 bridgehead atoms. The summed E-state index contributed by atoms with van der Waals surface area (Å²) >= 11 is 7.68. The molecule has 1 aliphatic carbocycles. The highest BCUT2D eigenvalue weighted by molar-refractivity contribution is 8.00. The van der Waals surface area contributed by atoms with E-state index >= 15 is 0 Å². The third-order valence-corrected chi connectivity index (χ3v) is 4.44. The maximum atomic E-state index is 11.6. The fourth-order valence-electron chi connectivity index (χ4n) is 1.77. The first-order valence-electron chi connectivity index (χ1n) is 5.21. The van der Waals surface area contributed by atoms with Crippen LogP contribution in [0.25, 0.3) is 0 Å². The predicted molar refractivity (Wildman–Crippen MR) is 64.6 cm³/mol. The second-order valence-electron chi connectivity index (χ2n) is 3.75. The highest BCUT2D eigenvalue weighted by Gasteiger charge is 2.23. The van der Waals surface area contributed by atoms with Crippen LogP contribution in [0.3, 0.4) is 0 Å². The average Bonchev–Trinajstić information content (AvgIpc) is 2.24. The van der Waals surface area contributed by atoms with Gasteiger partial charge in [-0.1, -0.05) is 30.2 Å². The Bertz CT molecular complexity index is 364. The van der Waals surface area contributed by atoms with Gasteiger partial charge in [0, 0.05) is 11.3 Å². The van der Waals surface area contributed by atoms with E-state index in [4.69, 9.17) is 11.6 Å². The van der Waals surface area contributed by atoms with Crippen LogP contribution in [0, 0.1) is 0 Å². The predicted octanol–water partition coefficient (Wildman–Crippen LogP) is 3.94. The maximum Gasteiger partial charge on any atom is 0.146 e. The zero-order valence-corrected chi connectivity index (χ0v) is 9.98. The number of hydrogen-bond donors (Lipinski definition) is 0. The summed E-state index contributed by atoms with van der Waals surface area (Å²) < 4.78 is 0. The van der Waals surface area contributed by atoms with Crippen LogP contribution in [0.5, 0.6) is 0 Å². The normalized spacial score (nSPS) is 21.7. The second kappa shape index (κ2) is 5.04. The Kier molecular flexibility index (Phi) is 3.71. The van der Waals surface area contributed by atoms with Gasteiger partial charge in [0.25, 0.3) is 0 Å². The maximum absolute atomic E-state index is 11.6. The van der Waals surface area contributed by atoms with Gasteiger partial charge in [0.1, 0.15) is 5.78 Å². The minimum atomic E-state index is 0.124. The number of hydrogen-bond acceptors (Lipinski definition) is 2. The molecule has 1 aromatic carbocycles. The summed E-state index contributed by atoms with van der Waals surface area (Å²) in [6, 6.07) is 7.72. The average molecular weight is 241 g/mol. The van der Waals surface area contributed by atoms with E-state index in [0.717, 1.165) is 35.6 Å². The Morgan fingerprint density at radius 1 is 1.27 bits per heavy atom. The molecule has 1 nitrogen and oxygen atoms in total. The van der Waals surface area contributed by atoms with Crippen molar-refractivity contribution in [1.29, 1.82) is 0 Å². The number of halogens is 1. The number of carbonyl (C=O) groups excluding carboxylic acids is 1. The van der Waals surface area contributed by atoms with Crippen LogP contribution >= 0.6 is 23.4 Å². The summed E-state index contributed by atoms with van der Waals surface area (Å²) in [7, 11) is 0. The molecule has 0 N–H and O–H groups in total. The van der Waals surface area contributed by atoms with Gasteiger partial charge in [0.05, 0.1) is 10.3 Å². The first kappa shape index (κ1) is 11.0. The molecule has 1 saturated carbocycles. The Hall–Kier alpha value is -0.470. The van der Waals surface area contributed by atoms with E-state index in [2.05, 4.69) is 0 Å². The third-order valence-electron chi connectivity index (χ3n) is 2.60. The molecule has 0 heterocycles. The molecule has 0 spiro atoms. The fraction of sp³-hybridized carbons (Fsp3) is 0.417. The molecule has 1 aliphatic rings. The molecule has 0 aliphatic heterocycles. The lowest BCUT2D eigenvalue weighted by Crippen LogP contribution is -2.21. The minimum absolute atomic E-state index is 0.124. The number of carbonyl (C=O) groups is 1. The first-order chi connectivity index (χ1) is 7.27. The minimum Gasteiger partial charge on any atom is -0.298 e. The van der Waals surface area contributed by atoms with E-state index in [9.17, 15) is 4.79 Å². The smallest absolute Gasteiger partial charge is 0.146 e. The van der Waals surface area contributed by atoms with Crippen molar-refractivity contribution >= 4 is 29.1 Å². The number of Topliss-reactive ketones (excluding diaryl/α,β-unsaturated/α-hetero) is 1. The Balaban J connectivity index is 2.08. The third kappa shape index (κ3) is 2.76.